The fraction of sp³-hybridized carbons (Fsp3) is 0.364. The lowest BCUT2D eigenvalue weighted by Crippen LogP contribution is -2.46. The lowest BCUT2D eigenvalue weighted by molar-refractivity contribution is 0.0735. The van der Waals surface area contributed by atoms with Crippen molar-refractivity contribution in [1.29, 1.82) is 0 Å². The molecule has 1 saturated heterocycles. The molecule has 1 heterocycles. The molecule has 1 amide bonds. The van der Waals surface area contributed by atoms with Crippen LogP contribution in [0, 0.1) is 3.57 Å². The van der Waals surface area contributed by atoms with Gasteiger partial charge in [-0.1, -0.05) is 12.1 Å². The number of rotatable bonds is 1. The van der Waals surface area contributed by atoms with Crippen molar-refractivity contribution >= 4 is 28.5 Å². The Hall–Kier alpha value is -0.620. The number of piperazine rings is 1. The Morgan fingerprint density at radius 3 is 2.60 bits per heavy atom. The fourth-order valence-electron chi connectivity index (χ4n) is 1.67. The highest BCUT2D eigenvalue weighted by Crippen LogP contribution is 2.14. The van der Waals surface area contributed by atoms with Gasteiger partial charge >= 0.3 is 0 Å². The number of halogens is 1. The summed E-state index contributed by atoms with van der Waals surface area (Å²) in [6, 6.07) is 7.73. The molecule has 0 bridgehead atoms. The van der Waals surface area contributed by atoms with Crippen LogP contribution in [0.25, 0.3) is 0 Å². The molecule has 0 spiro atoms. The molecule has 0 saturated carbocycles. The standard InChI is InChI=1S/C11H13IN2O/c12-10-4-2-1-3-9(10)11(15)14-7-5-13-6-8-14/h1-4,13H,5-8H2. The summed E-state index contributed by atoms with van der Waals surface area (Å²) in [6.45, 7) is 3.41. The van der Waals surface area contributed by atoms with Gasteiger partial charge in [-0.2, -0.15) is 0 Å². The number of carbonyl (C=O) groups excluding carboxylic acids is 1. The van der Waals surface area contributed by atoms with Gasteiger partial charge in [0.05, 0.1) is 5.56 Å². The highest BCUT2D eigenvalue weighted by molar-refractivity contribution is 14.1. The van der Waals surface area contributed by atoms with E-state index < -0.39 is 0 Å². The minimum absolute atomic E-state index is 0.154. The van der Waals surface area contributed by atoms with Gasteiger partial charge in [0.2, 0.25) is 0 Å². The smallest absolute Gasteiger partial charge is 0.255 e. The van der Waals surface area contributed by atoms with Crippen LogP contribution < -0.4 is 5.32 Å². The van der Waals surface area contributed by atoms with Gasteiger partial charge in [0.1, 0.15) is 0 Å². The van der Waals surface area contributed by atoms with Gasteiger partial charge in [-0.25, -0.2) is 0 Å². The van der Waals surface area contributed by atoms with Gasteiger partial charge in [-0.05, 0) is 34.7 Å². The zero-order valence-electron chi connectivity index (χ0n) is 8.37. The molecule has 3 nitrogen and oxygen atoms in total. The molecule has 0 radical (unpaired) electrons. The van der Waals surface area contributed by atoms with Crippen molar-refractivity contribution in [3.8, 4) is 0 Å². The first kappa shape index (κ1) is 10.9. The van der Waals surface area contributed by atoms with Crippen molar-refractivity contribution in [3.05, 3.63) is 33.4 Å². The second kappa shape index (κ2) is 4.94. The van der Waals surface area contributed by atoms with Crippen molar-refractivity contribution in [2.45, 2.75) is 0 Å². The number of amides is 1. The van der Waals surface area contributed by atoms with Crippen molar-refractivity contribution in [1.82, 2.24) is 10.2 Å². The Bertz CT molecular complexity index is 361. The minimum Gasteiger partial charge on any atom is -0.336 e. The molecular weight excluding hydrogens is 303 g/mol. The molecule has 0 aliphatic carbocycles. The molecule has 0 aromatic heterocycles. The number of carbonyl (C=O) groups is 1. The van der Waals surface area contributed by atoms with Gasteiger partial charge in [0, 0.05) is 29.7 Å². The summed E-state index contributed by atoms with van der Waals surface area (Å²) in [4.78, 5) is 14.0. The molecule has 1 aromatic carbocycles. The van der Waals surface area contributed by atoms with Gasteiger partial charge in [-0.3, -0.25) is 4.79 Å². The van der Waals surface area contributed by atoms with E-state index in [-0.39, 0.29) is 5.91 Å². The summed E-state index contributed by atoms with van der Waals surface area (Å²) in [5.41, 5.74) is 0.819. The molecule has 1 N–H and O–H groups in total. The molecule has 1 fully saturated rings. The second-order valence-corrected chi connectivity index (χ2v) is 4.68. The van der Waals surface area contributed by atoms with Crippen molar-refractivity contribution in [2.75, 3.05) is 26.2 Å². The molecule has 1 aliphatic heterocycles. The Kier molecular flexibility index (Phi) is 3.58. The first-order chi connectivity index (χ1) is 7.29. The van der Waals surface area contributed by atoms with E-state index in [0.717, 1.165) is 35.3 Å². The van der Waals surface area contributed by atoms with Gasteiger partial charge in [-0.15, -0.1) is 0 Å². The monoisotopic (exact) mass is 316 g/mol. The lowest BCUT2D eigenvalue weighted by atomic mass is 10.2. The van der Waals surface area contributed by atoms with E-state index in [2.05, 4.69) is 27.9 Å². The third kappa shape index (κ3) is 2.49. The molecule has 4 heteroatoms. The first-order valence-electron chi connectivity index (χ1n) is 5.03. The fourth-order valence-corrected chi connectivity index (χ4v) is 2.29. The predicted octanol–water partition coefficient (Wildman–Crippen LogP) is 1.34. The average molecular weight is 316 g/mol. The summed E-state index contributed by atoms with van der Waals surface area (Å²) in [6.07, 6.45) is 0. The Balaban J connectivity index is 2.16. The largest absolute Gasteiger partial charge is 0.336 e. The summed E-state index contributed by atoms with van der Waals surface area (Å²) in [5, 5.41) is 3.24. The van der Waals surface area contributed by atoms with Crippen LogP contribution >= 0.6 is 22.6 Å². The average Bonchev–Trinajstić information content (AvgIpc) is 2.30. The number of nitrogens with one attached hydrogen (secondary N) is 1. The van der Waals surface area contributed by atoms with Crippen LogP contribution in [-0.2, 0) is 0 Å². The topological polar surface area (TPSA) is 32.3 Å². The maximum absolute atomic E-state index is 12.1. The molecule has 80 valence electrons. The van der Waals surface area contributed by atoms with E-state index in [4.69, 9.17) is 0 Å². The molecule has 2 rings (SSSR count). The molecule has 1 aromatic rings. The van der Waals surface area contributed by atoms with Crippen molar-refractivity contribution < 1.29 is 4.79 Å². The predicted molar refractivity (Wildman–Crippen MR) is 67.9 cm³/mol. The van der Waals surface area contributed by atoms with Crippen LogP contribution in [-0.4, -0.2) is 37.0 Å². The molecule has 1 aliphatic rings. The van der Waals surface area contributed by atoms with Gasteiger partial charge in [0.15, 0.2) is 0 Å². The Morgan fingerprint density at radius 1 is 1.27 bits per heavy atom. The van der Waals surface area contributed by atoms with Gasteiger partial charge in [0.25, 0.3) is 5.91 Å². The van der Waals surface area contributed by atoms with Gasteiger partial charge < -0.3 is 10.2 Å². The zero-order valence-corrected chi connectivity index (χ0v) is 10.5. The molecule has 0 unspecified atom stereocenters. The summed E-state index contributed by atoms with van der Waals surface area (Å²) in [7, 11) is 0. The van der Waals surface area contributed by atoms with Crippen LogP contribution in [0.5, 0.6) is 0 Å². The molecule has 15 heavy (non-hydrogen) atoms. The minimum atomic E-state index is 0.154. The molecular formula is C11H13IN2O. The number of nitrogens with zero attached hydrogens (tertiary/aromatic N) is 1. The van der Waals surface area contributed by atoms with Crippen molar-refractivity contribution in [3.63, 3.8) is 0 Å². The normalized spacial score (nSPS) is 16.5. The quantitative estimate of drug-likeness (QED) is 0.793. The van der Waals surface area contributed by atoms with E-state index in [9.17, 15) is 4.79 Å². The van der Waals surface area contributed by atoms with Crippen LogP contribution in [0.1, 0.15) is 10.4 Å². The first-order valence-corrected chi connectivity index (χ1v) is 6.11. The number of benzene rings is 1. The third-order valence-electron chi connectivity index (χ3n) is 2.51. The van der Waals surface area contributed by atoms with E-state index in [1.54, 1.807) is 0 Å². The zero-order chi connectivity index (χ0) is 10.7. The summed E-state index contributed by atoms with van der Waals surface area (Å²) >= 11 is 2.21. The van der Waals surface area contributed by atoms with E-state index in [1.807, 2.05) is 29.2 Å². The Morgan fingerprint density at radius 2 is 1.93 bits per heavy atom. The van der Waals surface area contributed by atoms with Crippen LogP contribution in [0.4, 0.5) is 0 Å². The Labute approximate surface area is 103 Å². The number of hydrogen-bond donors (Lipinski definition) is 1. The van der Waals surface area contributed by atoms with Crippen molar-refractivity contribution in [2.24, 2.45) is 0 Å². The third-order valence-corrected chi connectivity index (χ3v) is 3.45. The SMILES string of the molecule is O=C(c1ccccc1I)N1CCNCC1. The van der Waals surface area contributed by atoms with Crippen LogP contribution in [0.3, 0.4) is 0 Å². The van der Waals surface area contributed by atoms with Crippen LogP contribution in [0.2, 0.25) is 0 Å². The summed E-state index contributed by atoms with van der Waals surface area (Å²) in [5.74, 6) is 0.154. The van der Waals surface area contributed by atoms with E-state index in [1.165, 1.54) is 0 Å². The molecule has 0 atom stereocenters. The highest BCUT2D eigenvalue weighted by atomic mass is 127. The van der Waals surface area contributed by atoms with E-state index in [0.29, 0.717) is 0 Å². The van der Waals surface area contributed by atoms with Crippen LogP contribution in [0.15, 0.2) is 24.3 Å². The second-order valence-electron chi connectivity index (χ2n) is 3.52. The lowest BCUT2D eigenvalue weighted by Gasteiger charge is -2.27. The highest BCUT2D eigenvalue weighted by Gasteiger charge is 2.19. The maximum Gasteiger partial charge on any atom is 0.255 e. The maximum atomic E-state index is 12.1. The summed E-state index contributed by atoms with van der Waals surface area (Å²) < 4.78 is 1.03. The van der Waals surface area contributed by atoms with E-state index >= 15 is 0 Å². The number of hydrogen-bond acceptors (Lipinski definition) is 2.